The first-order valence-corrected chi connectivity index (χ1v) is 8.78. The monoisotopic (exact) mass is 370 g/mol. The van der Waals surface area contributed by atoms with Crippen LogP contribution in [-0.2, 0) is 14.8 Å². The Morgan fingerprint density at radius 3 is 2.48 bits per heavy atom. The maximum Gasteiger partial charge on any atom is 0.243 e. The van der Waals surface area contributed by atoms with E-state index in [9.17, 15) is 26.4 Å². The molecule has 1 heterocycles. The van der Waals surface area contributed by atoms with Crippen molar-refractivity contribution >= 4 is 21.6 Å². The summed E-state index contributed by atoms with van der Waals surface area (Å²) in [5.41, 5.74) is 0.295. The number of amides is 1. The van der Waals surface area contributed by atoms with Gasteiger partial charge in [-0.2, -0.15) is 0 Å². The first kappa shape index (κ1) is 17.4. The molecule has 2 aromatic rings. The van der Waals surface area contributed by atoms with E-state index in [1.807, 2.05) is 0 Å². The Kier molecular flexibility index (Phi) is 4.53. The Labute approximate surface area is 142 Å². The Bertz CT molecular complexity index is 934. The number of carbonyl (C=O) groups is 1. The number of sulfonamides is 1. The minimum absolute atomic E-state index is 0.0432. The van der Waals surface area contributed by atoms with E-state index in [1.54, 1.807) is 0 Å². The van der Waals surface area contributed by atoms with Gasteiger partial charge in [0.15, 0.2) is 0 Å². The molecule has 1 N–H and O–H groups in total. The minimum atomic E-state index is -4.35. The standard InChI is InChI=1S/C16H13F3N2O3S/c17-10-2-1-3-13(6-10)21-9-12(8-16(21)22)20-25(23,24)15-7-11(18)4-5-14(15)19/h1-7,12,20H,8-9H2/t12-/m1/s1. The topological polar surface area (TPSA) is 66.5 Å². The van der Waals surface area contributed by atoms with Crippen LogP contribution in [-0.4, -0.2) is 26.9 Å². The van der Waals surface area contributed by atoms with Crippen LogP contribution < -0.4 is 9.62 Å². The second-order valence-electron chi connectivity index (χ2n) is 5.58. The molecule has 0 aliphatic carbocycles. The van der Waals surface area contributed by atoms with Gasteiger partial charge in [-0.25, -0.2) is 26.3 Å². The van der Waals surface area contributed by atoms with Crippen molar-refractivity contribution in [3.05, 3.63) is 59.9 Å². The lowest BCUT2D eigenvalue weighted by molar-refractivity contribution is -0.117. The van der Waals surface area contributed by atoms with Crippen molar-refractivity contribution in [1.82, 2.24) is 4.72 Å². The molecule has 0 bridgehead atoms. The van der Waals surface area contributed by atoms with E-state index in [-0.39, 0.29) is 13.0 Å². The number of hydrogen-bond acceptors (Lipinski definition) is 3. The lowest BCUT2D eigenvalue weighted by atomic mass is 10.3. The van der Waals surface area contributed by atoms with E-state index < -0.39 is 44.3 Å². The molecule has 1 amide bonds. The maximum atomic E-state index is 13.7. The van der Waals surface area contributed by atoms with E-state index >= 15 is 0 Å². The number of nitrogens with one attached hydrogen (secondary N) is 1. The summed E-state index contributed by atoms with van der Waals surface area (Å²) >= 11 is 0. The molecule has 3 rings (SSSR count). The molecule has 25 heavy (non-hydrogen) atoms. The van der Waals surface area contributed by atoms with Gasteiger partial charge in [0.05, 0.1) is 0 Å². The van der Waals surface area contributed by atoms with Crippen LogP contribution >= 0.6 is 0 Å². The van der Waals surface area contributed by atoms with Crippen molar-refractivity contribution in [2.75, 3.05) is 11.4 Å². The number of hydrogen-bond donors (Lipinski definition) is 1. The molecular formula is C16H13F3N2O3S. The van der Waals surface area contributed by atoms with Crippen LogP contribution in [0.3, 0.4) is 0 Å². The highest BCUT2D eigenvalue weighted by molar-refractivity contribution is 7.89. The summed E-state index contributed by atoms with van der Waals surface area (Å²) in [7, 11) is -4.35. The largest absolute Gasteiger partial charge is 0.311 e. The fourth-order valence-corrected chi connectivity index (χ4v) is 3.96. The normalized spacial score (nSPS) is 18.0. The van der Waals surface area contributed by atoms with Crippen LogP contribution in [0.2, 0.25) is 0 Å². The predicted molar refractivity (Wildman–Crippen MR) is 83.8 cm³/mol. The zero-order valence-corrected chi connectivity index (χ0v) is 13.6. The van der Waals surface area contributed by atoms with Crippen LogP contribution in [0.4, 0.5) is 18.9 Å². The van der Waals surface area contributed by atoms with Gasteiger partial charge in [-0.1, -0.05) is 6.07 Å². The van der Waals surface area contributed by atoms with Crippen LogP contribution in [0.1, 0.15) is 6.42 Å². The Morgan fingerprint density at radius 1 is 1.04 bits per heavy atom. The van der Waals surface area contributed by atoms with Crippen molar-refractivity contribution in [3.8, 4) is 0 Å². The highest BCUT2D eigenvalue weighted by atomic mass is 32.2. The van der Waals surface area contributed by atoms with E-state index in [4.69, 9.17) is 0 Å². The number of anilines is 1. The lowest BCUT2D eigenvalue weighted by Crippen LogP contribution is -2.37. The van der Waals surface area contributed by atoms with Crippen molar-refractivity contribution in [2.45, 2.75) is 17.4 Å². The molecule has 1 aliphatic heterocycles. The summed E-state index contributed by atoms with van der Waals surface area (Å²) in [6.45, 7) is -0.0432. The van der Waals surface area contributed by atoms with Gasteiger partial charge in [-0.15, -0.1) is 0 Å². The molecule has 1 aliphatic rings. The van der Waals surface area contributed by atoms with E-state index in [0.29, 0.717) is 17.8 Å². The fraction of sp³-hybridized carbons (Fsp3) is 0.188. The second kappa shape index (κ2) is 6.49. The van der Waals surface area contributed by atoms with Gasteiger partial charge in [-0.3, -0.25) is 4.79 Å². The van der Waals surface area contributed by atoms with Gasteiger partial charge in [-0.05, 0) is 36.4 Å². The first-order chi connectivity index (χ1) is 11.8. The summed E-state index contributed by atoms with van der Waals surface area (Å²) < 4.78 is 66.9. The minimum Gasteiger partial charge on any atom is -0.311 e. The quantitative estimate of drug-likeness (QED) is 0.897. The Hall–Kier alpha value is -2.39. The zero-order valence-electron chi connectivity index (χ0n) is 12.7. The molecule has 5 nitrogen and oxygen atoms in total. The number of nitrogens with zero attached hydrogens (tertiary/aromatic N) is 1. The predicted octanol–water partition coefficient (Wildman–Crippen LogP) is 2.19. The average Bonchev–Trinajstić information content (AvgIpc) is 2.89. The van der Waals surface area contributed by atoms with Crippen LogP contribution in [0.25, 0.3) is 0 Å². The number of rotatable bonds is 4. The third kappa shape index (κ3) is 3.67. The third-order valence-electron chi connectivity index (χ3n) is 3.75. The SMILES string of the molecule is O=C1C[C@@H](NS(=O)(=O)c2cc(F)ccc2F)CN1c1cccc(F)c1. The van der Waals surface area contributed by atoms with Crippen LogP contribution in [0, 0.1) is 17.5 Å². The summed E-state index contributed by atoms with van der Waals surface area (Å²) in [6.07, 6.45) is -0.174. The second-order valence-corrected chi connectivity index (χ2v) is 7.26. The molecule has 0 aromatic heterocycles. The smallest absolute Gasteiger partial charge is 0.243 e. The molecule has 0 saturated carbocycles. The van der Waals surface area contributed by atoms with Gasteiger partial charge < -0.3 is 4.90 Å². The van der Waals surface area contributed by atoms with Crippen LogP contribution in [0.5, 0.6) is 0 Å². The average molecular weight is 370 g/mol. The summed E-state index contributed by atoms with van der Waals surface area (Å²) in [4.78, 5) is 12.5. The molecule has 9 heteroatoms. The number of halogens is 3. The molecule has 0 unspecified atom stereocenters. The van der Waals surface area contributed by atoms with Crippen molar-refractivity contribution < 1.29 is 26.4 Å². The third-order valence-corrected chi connectivity index (χ3v) is 5.29. The molecule has 1 atom stereocenters. The molecular weight excluding hydrogens is 357 g/mol. The molecule has 0 spiro atoms. The zero-order chi connectivity index (χ0) is 18.2. The number of carbonyl (C=O) groups excluding carboxylic acids is 1. The van der Waals surface area contributed by atoms with Gasteiger partial charge in [0.25, 0.3) is 0 Å². The summed E-state index contributed by atoms with van der Waals surface area (Å²) in [5.74, 6) is -2.93. The summed E-state index contributed by atoms with van der Waals surface area (Å²) in [5, 5.41) is 0. The first-order valence-electron chi connectivity index (χ1n) is 7.29. The Balaban J connectivity index is 1.80. The molecule has 1 fully saturated rings. The van der Waals surface area contributed by atoms with Gasteiger partial charge in [0, 0.05) is 24.7 Å². The van der Waals surface area contributed by atoms with E-state index in [2.05, 4.69) is 4.72 Å². The van der Waals surface area contributed by atoms with Gasteiger partial charge in [0.2, 0.25) is 15.9 Å². The van der Waals surface area contributed by atoms with E-state index in [1.165, 1.54) is 23.1 Å². The summed E-state index contributed by atoms with van der Waals surface area (Å²) in [6, 6.07) is 6.56. The van der Waals surface area contributed by atoms with Gasteiger partial charge in [0.1, 0.15) is 22.3 Å². The molecule has 2 aromatic carbocycles. The number of benzene rings is 2. The van der Waals surface area contributed by atoms with Crippen LogP contribution in [0.15, 0.2) is 47.4 Å². The lowest BCUT2D eigenvalue weighted by Gasteiger charge is -2.17. The molecule has 1 saturated heterocycles. The van der Waals surface area contributed by atoms with Crippen molar-refractivity contribution in [2.24, 2.45) is 0 Å². The van der Waals surface area contributed by atoms with Crippen molar-refractivity contribution in [3.63, 3.8) is 0 Å². The van der Waals surface area contributed by atoms with Crippen molar-refractivity contribution in [1.29, 1.82) is 0 Å². The van der Waals surface area contributed by atoms with E-state index in [0.717, 1.165) is 12.1 Å². The van der Waals surface area contributed by atoms with Gasteiger partial charge >= 0.3 is 0 Å². The highest BCUT2D eigenvalue weighted by Crippen LogP contribution is 2.24. The maximum absolute atomic E-state index is 13.7. The Morgan fingerprint density at radius 2 is 1.76 bits per heavy atom. The molecule has 0 radical (unpaired) electrons. The fourth-order valence-electron chi connectivity index (χ4n) is 2.65. The molecule has 132 valence electrons. The highest BCUT2D eigenvalue weighted by Gasteiger charge is 2.34.